The highest BCUT2D eigenvalue weighted by molar-refractivity contribution is 6.30. The Morgan fingerprint density at radius 3 is 2.80 bits per heavy atom. The van der Waals surface area contributed by atoms with Crippen molar-refractivity contribution in [2.24, 2.45) is 5.73 Å². The van der Waals surface area contributed by atoms with Gasteiger partial charge >= 0.3 is 5.97 Å². The zero-order chi connectivity index (χ0) is 11.4. The van der Waals surface area contributed by atoms with E-state index in [1.165, 1.54) is 6.08 Å². The number of carboxylic acids is 1. The third-order valence-corrected chi connectivity index (χ3v) is 2.29. The standard InChI is InChI=1S/C11H12ClNO2/c1-7(5-10(13)11(14)15)8-3-2-4-9(12)6-8/h2-7H,13H2,1H3,(H,14,15). The van der Waals surface area contributed by atoms with E-state index in [0.717, 1.165) is 5.56 Å². The van der Waals surface area contributed by atoms with Gasteiger partial charge in [-0.05, 0) is 23.8 Å². The number of halogens is 1. The number of rotatable bonds is 3. The van der Waals surface area contributed by atoms with E-state index in [1.54, 1.807) is 12.1 Å². The van der Waals surface area contributed by atoms with Gasteiger partial charge in [0.25, 0.3) is 0 Å². The van der Waals surface area contributed by atoms with Gasteiger partial charge in [-0.25, -0.2) is 4.79 Å². The van der Waals surface area contributed by atoms with Gasteiger partial charge in [0, 0.05) is 10.9 Å². The maximum absolute atomic E-state index is 10.5. The Bertz CT molecular complexity index is 401. The molecule has 80 valence electrons. The summed E-state index contributed by atoms with van der Waals surface area (Å²) in [6, 6.07) is 7.25. The van der Waals surface area contributed by atoms with Gasteiger partial charge in [0.1, 0.15) is 5.70 Å². The first-order valence-electron chi connectivity index (χ1n) is 4.46. The Labute approximate surface area is 93.2 Å². The van der Waals surface area contributed by atoms with Crippen molar-refractivity contribution in [3.63, 3.8) is 0 Å². The second kappa shape index (κ2) is 4.84. The number of carbonyl (C=O) groups is 1. The van der Waals surface area contributed by atoms with Crippen molar-refractivity contribution >= 4 is 17.6 Å². The molecule has 0 radical (unpaired) electrons. The first-order valence-corrected chi connectivity index (χ1v) is 4.84. The van der Waals surface area contributed by atoms with E-state index < -0.39 is 5.97 Å². The van der Waals surface area contributed by atoms with Crippen LogP contribution in [0.15, 0.2) is 36.0 Å². The van der Waals surface area contributed by atoms with Crippen LogP contribution in [0.25, 0.3) is 0 Å². The van der Waals surface area contributed by atoms with Crippen LogP contribution in [-0.2, 0) is 4.79 Å². The van der Waals surface area contributed by atoms with Crippen molar-refractivity contribution < 1.29 is 9.90 Å². The summed E-state index contributed by atoms with van der Waals surface area (Å²) < 4.78 is 0. The van der Waals surface area contributed by atoms with Crippen LogP contribution in [0.3, 0.4) is 0 Å². The van der Waals surface area contributed by atoms with Crippen molar-refractivity contribution in [3.05, 3.63) is 46.6 Å². The third kappa shape index (κ3) is 3.29. The smallest absolute Gasteiger partial charge is 0.351 e. The number of benzene rings is 1. The molecule has 0 saturated heterocycles. The lowest BCUT2D eigenvalue weighted by atomic mass is 10.0. The van der Waals surface area contributed by atoms with Crippen molar-refractivity contribution in [1.29, 1.82) is 0 Å². The maximum Gasteiger partial charge on any atom is 0.351 e. The molecule has 0 heterocycles. The van der Waals surface area contributed by atoms with Crippen LogP contribution in [0.1, 0.15) is 18.4 Å². The minimum Gasteiger partial charge on any atom is -0.477 e. The van der Waals surface area contributed by atoms with Gasteiger partial charge < -0.3 is 10.8 Å². The number of hydrogen-bond donors (Lipinski definition) is 2. The van der Waals surface area contributed by atoms with E-state index in [-0.39, 0.29) is 11.6 Å². The van der Waals surface area contributed by atoms with E-state index in [2.05, 4.69) is 0 Å². The Kier molecular flexibility index (Phi) is 3.74. The van der Waals surface area contributed by atoms with E-state index in [0.29, 0.717) is 5.02 Å². The number of aliphatic carboxylic acids is 1. The second-order valence-electron chi connectivity index (χ2n) is 3.27. The molecular weight excluding hydrogens is 214 g/mol. The van der Waals surface area contributed by atoms with Crippen LogP contribution >= 0.6 is 11.6 Å². The fraction of sp³-hybridized carbons (Fsp3) is 0.182. The summed E-state index contributed by atoms with van der Waals surface area (Å²) in [6.07, 6.45) is 1.49. The summed E-state index contributed by atoms with van der Waals surface area (Å²) in [6.45, 7) is 1.86. The van der Waals surface area contributed by atoms with E-state index in [4.69, 9.17) is 22.4 Å². The molecule has 4 heteroatoms. The number of allylic oxidation sites excluding steroid dienone is 1. The lowest BCUT2D eigenvalue weighted by Gasteiger charge is -2.07. The summed E-state index contributed by atoms with van der Waals surface area (Å²) in [5.74, 6) is -1.18. The molecule has 0 aromatic heterocycles. The molecule has 1 atom stereocenters. The second-order valence-corrected chi connectivity index (χ2v) is 3.71. The molecule has 0 spiro atoms. The molecule has 0 aliphatic carbocycles. The lowest BCUT2D eigenvalue weighted by Crippen LogP contribution is -2.11. The Morgan fingerprint density at radius 2 is 2.27 bits per heavy atom. The van der Waals surface area contributed by atoms with Crippen LogP contribution in [0, 0.1) is 0 Å². The summed E-state index contributed by atoms with van der Waals surface area (Å²) >= 11 is 5.82. The predicted molar refractivity (Wildman–Crippen MR) is 59.8 cm³/mol. The van der Waals surface area contributed by atoms with Gasteiger partial charge in [0.05, 0.1) is 0 Å². The quantitative estimate of drug-likeness (QED) is 0.777. The average molecular weight is 226 g/mol. The van der Waals surface area contributed by atoms with Gasteiger partial charge in [0.2, 0.25) is 0 Å². The number of carboxylic acid groups (broad SMARTS) is 1. The van der Waals surface area contributed by atoms with E-state index >= 15 is 0 Å². The summed E-state index contributed by atoms with van der Waals surface area (Å²) in [5.41, 5.74) is 6.11. The molecule has 3 nitrogen and oxygen atoms in total. The minimum atomic E-state index is -1.11. The first kappa shape index (κ1) is 11.6. The van der Waals surface area contributed by atoms with Gasteiger partial charge in [-0.3, -0.25) is 0 Å². The van der Waals surface area contributed by atoms with Crippen molar-refractivity contribution in [2.45, 2.75) is 12.8 Å². The third-order valence-electron chi connectivity index (χ3n) is 2.05. The van der Waals surface area contributed by atoms with E-state index in [9.17, 15) is 4.79 Å². The zero-order valence-electron chi connectivity index (χ0n) is 8.27. The fourth-order valence-electron chi connectivity index (χ4n) is 1.23. The molecule has 0 bridgehead atoms. The molecule has 3 N–H and O–H groups in total. The molecule has 1 aromatic rings. The molecule has 0 fully saturated rings. The van der Waals surface area contributed by atoms with Gasteiger partial charge in [-0.15, -0.1) is 0 Å². The molecule has 15 heavy (non-hydrogen) atoms. The minimum absolute atomic E-state index is 0.0696. The highest BCUT2D eigenvalue weighted by atomic mass is 35.5. The first-order chi connectivity index (χ1) is 7.00. The van der Waals surface area contributed by atoms with Crippen molar-refractivity contribution in [2.75, 3.05) is 0 Å². The van der Waals surface area contributed by atoms with E-state index in [1.807, 2.05) is 19.1 Å². The van der Waals surface area contributed by atoms with Crippen LogP contribution in [0.4, 0.5) is 0 Å². The van der Waals surface area contributed by atoms with Crippen LogP contribution in [0.2, 0.25) is 5.02 Å². The Morgan fingerprint density at radius 1 is 1.60 bits per heavy atom. The zero-order valence-corrected chi connectivity index (χ0v) is 9.03. The molecule has 1 rings (SSSR count). The summed E-state index contributed by atoms with van der Waals surface area (Å²) in [4.78, 5) is 10.5. The molecule has 0 aliphatic rings. The molecule has 1 aromatic carbocycles. The van der Waals surface area contributed by atoms with Crippen molar-refractivity contribution in [1.82, 2.24) is 0 Å². The van der Waals surface area contributed by atoms with Gasteiger partial charge in [-0.1, -0.05) is 30.7 Å². The van der Waals surface area contributed by atoms with Crippen LogP contribution in [0.5, 0.6) is 0 Å². The predicted octanol–water partition coefficient (Wildman–Crippen LogP) is 2.37. The largest absolute Gasteiger partial charge is 0.477 e. The monoisotopic (exact) mass is 225 g/mol. The van der Waals surface area contributed by atoms with Gasteiger partial charge in [-0.2, -0.15) is 0 Å². The number of hydrogen-bond acceptors (Lipinski definition) is 2. The molecule has 1 unspecified atom stereocenters. The molecule has 0 aliphatic heterocycles. The molecule has 0 amide bonds. The molecular formula is C11H12ClNO2. The number of nitrogens with two attached hydrogens (primary N) is 1. The average Bonchev–Trinajstić information content (AvgIpc) is 2.17. The maximum atomic E-state index is 10.5. The highest BCUT2D eigenvalue weighted by Crippen LogP contribution is 2.20. The highest BCUT2D eigenvalue weighted by Gasteiger charge is 2.07. The normalized spacial score (nSPS) is 13.6. The Hall–Kier alpha value is -1.48. The van der Waals surface area contributed by atoms with Gasteiger partial charge in [0.15, 0.2) is 0 Å². The SMILES string of the molecule is CC(C=C(N)C(=O)O)c1cccc(Cl)c1. The topological polar surface area (TPSA) is 63.3 Å². The lowest BCUT2D eigenvalue weighted by molar-refractivity contribution is -0.132. The molecule has 0 saturated carbocycles. The van der Waals surface area contributed by atoms with Crippen molar-refractivity contribution in [3.8, 4) is 0 Å². The summed E-state index contributed by atoms with van der Waals surface area (Å²) in [7, 11) is 0. The van der Waals surface area contributed by atoms with Crippen LogP contribution in [-0.4, -0.2) is 11.1 Å². The summed E-state index contributed by atoms with van der Waals surface area (Å²) in [5, 5.41) is 9.24. The fourth-order valence-corrected chi connectivity index (χ4v) is 1.43. The Balaban J connectivity index is 2.90. The van der Waals surface area contributed by atoms with Crippen LogP contribution < -0.4 is 5.73 Å².